The molecule has 0 unspecified atom stereocenters. The van der Waals surface area contributed by atoms with Crippen molar-refractivity contribution in [3.05, 3.63) is 42.1 Å². The van der Waals surface area contributed by atoms with Gasteiger partial charge in [0.1, 0.15) is 0 Å². The highest BCUT2D eigenvalue weighted by atomic mass is 15.3. The van der Waals surface area contributed by atoms with Crippen molar-refractivity contribution in [1.82, 2.24) is 15.2 Å². The second-order valence-electron chi connectivity index (χ2n) is 4.79. The molecule has 0 aliphatic carbocycles. The summed E-state index contributed by atoms with van der Waals surface area (Å²) in [6.45, 7) is 9.81. The molecule has 0 fully saturated rings. The highest BCUT2D eigenvalue weighted by Crippen LogP contribution is 2.15. The number of hydrogen-bond donors (Lipinski definition) is 0. The molecule has 0 saturated heterocycles. The van der Waals surface area contributed by atoms with Crippen molar-refractivity contribution in [1.29, 1.82) is 0 Å². The zero-order chi connectivity index (χ0) is 15.1. The Morgan fingerprint density at radius 1 is 0.905 bits per heavy atom. The lowest BCUT2D eigenvalue weighted by atomic mass is 10.2. The van der Waals surface area contributed by atoms with Gasteiger partial charge in [0.25, 0.3) is 0 Å². The molecular weight excluding hydrogens is 262 g/mol. The summed E-state index contributed by atoms with van der Waals surface area (Å²) in [6, 6.07) is 10.4. The summed E-state index contributed by atoms with van der Waals surface area (Å²) >= 11 is 0. The first-order chi connectivity index (χ1) is 10.3. The van der Waals surface area contributed by atoms with Crippen LogP contribution in [0.4, 0.5) is 11.8 Å². The number of rotatable bonds is 7. The quantitative estimate of drug-likeness (QED) is 0.782. The van der Waals surface area contributed by atoms with Gasteiger partial charge in [-0.2, -0.15) is 10.1 Å². The van der Waals surface area contributed by atoms with E-state index in [-0.39, 0.29) is 0 Å². The van der Waals surface area contributed by atoms with Crippen LogP contribution in [0.15, 0.2) is 36.5 Å². The molecule has 5 nitrogen and oxygen atoms in total. The maximum atomic E-state index is 4.66. The maximum absolute atomic E-state index is 4.66. The maximum Gasteiger partial charge on any atom is 0.247 e. The van der Waals surface area contributed by atoms with Crippen LogP contribution in [0.2, 0.25) is 0 Å². The topological polar surface area (TPSA) is 45.2 Å². The predicted octanol–water partition coefficient (Wildman–Crippen LogP) is 2.74. The molecule has 0 radical (unpaired) electrons. The van der Waals surface area contributed by atoms with Crippen LogP contribution in [-0.2, 0) is 6.54 Å². The van der Waals surface area contributed by atoms with E-state index in [1.54, 1.807) is 6.20 Å². The van der Waals surface area contributed by atoms with E-state index in [0.717, 1.165) is 32.0 Å². The van der Waals surface area contributed by atoms with Crippen LogP contribution < -0.4 is 9.80 Å². The fourth-order valence-corrected chi connectivity index (χ4v) is 2.25. The Labute approximate surface area is 126 Å². The SMILES string of the molecule is CCN(CC)c1cnnc(N(CC)Cc2ccccc2)n1. The van der Waals surface area contributed by atoms with E-state index in [2.05, 4.69) is 70.0 Å². The van der Waals surface area contributed by atoms with Gasteiger partial charge in [-0.25, -0.2) is 0 Å². The van der Waals surface area contributed by atoms with Gasteiger partial charge in [0.05, 0.1) is 6.20 Å². The van der Waals surface area contributed by atoms with Gasteiger partial charge in [-0.3, -0.25) is 0 Å². The van der Waals surface area contributed by atoms with Gasteiger partial charge in [-0.05, 0) is 26.3 Å². The molecule has 0 aliphatic heterocycles. The summed E-state index contributed by atoms with van der Waals surface area (Å²) in [5, 5.41) is 8.31. The first-order valence-electron chi connectivity index (χ1n) is 7.52. The molecule has 1 aromatic carbocycles. The van der Waals surface area contributed by atoms with Crippen LogP contribution in [0.5, 0.6) is 0 Å². The van der Waals surface area contributed by atoms with E-state index in [4.69, 9.17) is 0 Å². The molecule has 0 amide bonds. The van der Waals surface area contributed by atoms with Crippen LogP contribution in [0.3, 0.4) is 0 Å². The van der Waals surface area contributed by atoms with Gasteiger partial charge in [0.2, 0.25) is 5.95 Å². The van der Waals surface area contributed by atoms with Crippen molar-refractivity contribution < 1.29 is 0 Å². The number of benzene rings is 1. The number of nitrogens with zero attached hydrogens (tertiary/aromatic N) is 5. The van der Waals surface area contributed by atoms with Crippen LogP contribution >= 0.6 is 0 Å². The zero-order valence-electron chi connectivity index (χ0n) is 13.0. The highest BCUT2D eigenvalue weighted by Gasteiger charge is 2.12. The van der Waals surface area contributed by atoms with E-state index >= 15 is 0 Å². The van der Waals surface area contributed by atoms with Gasteiger partial charge in [-0.15, -0.1) is 5.10 Å². The molecule has 1 aromatic heterocycles. The summed E-state index contributed by atoms with van der Waals surface area (Å²) in [4.78, 5) is 8.97. The summed E-state index contributed by atoms with van der Waals surface area (Å²) in [5.41, 5.74) is 1.25. The second kappa shape index (κ2) is 7.57. The average molecular weight is 285 g/mol. The minimum absolute atomic E-state index is 0.686. The molecule has 0 saturated carbocycles. The summed E-state index contributed by atoms with van der Waals surface area (Å²) < 4.78 is 0. The second-order valence-corrected chi connectivity index (χ2v) is 4.79. The molecule has 0 spiro atoms. The van der Waals surface area contributed by atoms with Crippen molar-refractivity contribution in [3.63, 3.8) is 0 Å². The van der Waals surface area contributed by atoms with Crippen molar-refractivity contribution in [3.8, 4) is 0 Å². The van der Waals surface area contributed by atoms with Gasteiger partial charge in [0.15, 0.2) is 5.82 Å². The van der Waals surface area contributed by atoms with Crippen molar-refractivity contribution in [2.45, 2.75) is 27.3 Å². The molecule has 0 aliphatic rings. The third kappa shape index (κ3) is 3.90. The van der Waals surface area contributed by atoms with Crippen LogP contribution in [-0.4, -0.2) is 34.8 Å². The molecule has 2 rings (SSSR count). The molecule has 21 heavy (non-hydrogen) atoms. The Balaban J connectivity index is 2.20. The number of anilines is 2. The van der Waals surface area contributed by atoms with Crippen LogP contribution in [0, 0.1) is 0 Å². The van der Waals surface area contributed by atoms with E-state index < -0.39 is 0 Å². The Hall–Kier alpha value is -2.17. The van der Waals surface area contributed by atoms with E-state index in [1.807, 2.05) is 6.07 Å². The Kier molecular flexibility index (Phi) is 5.49. The fraction of sp³-hybridized carbons (Fsp3) is 0.438. The van der Waals surface area contributed by atoms with Crippen LogP contribution in [0.1, 0.15) is 26.3 Å². The Morgan fingerprint density at radius 3 is 2.19 bits per heavy atom. The third-order valence-corrected chi connectivity index (χ3v) is 3.50. The molecule has 5 heteroatoms. The molecule has 1 heterocycles. The fourth-order valence-electron chi connectivity index (χ4n) is 2.25. The van der Waals surface area contributed by atoms with Crippen molar-refractivity contribution in [2.75, 3.05) is 29.4 Å². The van der Waals surface area contributed by atoms with Crippen molar-refractivity contribution >= 4 is 11.8 Å². The highest BCUT2D eigenvalue weighted by molar-refractivity contribution is 5.41. The zero-order valence-corrected chi connectivity index (χ0v) is 13.0. The van der Waals surface area contributed by atoms with E-state index in [1.165, 1.54) is 5.56 Å². The standard InChI is InChI=1S/C16H23N5/c1-4-20(5-2)15-12-17-19-16(18-15)21(6-3)13-14-10-8-7-9-11-14/h7-12H,4-6,13H2,1-3H3. The smallest absolute Gasteiger partial charge is 0.247 e. The van der Waals surface area contributed by atoms with Gasteiger partial charge in [-0.1, -0.05) is 30.3 Å². The van der Waals surface area contributed by atoms with E-state index in [9.17, 15) is 0 Å². The normalized spacial score (nSPS) is 10.4. The van der Waals surface area contributed by atoms with E-state index in [0.29, 0.717) is 5.95 Å². The number of aromatic nitrogens is 3. The summed E-state index contributed by atoms with van der Waals surface area (Å²) in [5.74, 6) is 1.57. The van der Waals surface area contributed by atoms with Gasteiger partial charge in [0, 0.05) is 26.2 Å². The summed E-state index contributed by atoms with van der Waals surface area (Å²) in [7, 11) is 0. The lowest BCUT2D eigenvalue weighted by Crippen LogP contribution is -2.27. The number of hydrogen-bond acceptors (Lipinski definition) is 5. The minimum atomic E-state index is 0.686. The first-order valence-corrected chi connectivity index (χ1v) is 7.52. The predicted molar refractivity (Wildman–Crippen MR) is 86.6 cm³/mol. The van der Waals surface area contributed by atoms with Crippen LogP contribution in [0.25, 0.3) is 0 Å². The lowest BCUT2D eigenvalue weighted by Gasteiger charge is -2.23. The van der Waals surface area contributed by atoms with Crippen molar-refractivity contribution in [2.24, 2.45) is 0 Å². The molecule has 0 bridgehead atoms. The molecule has 0 atom stereocenters. The largest absolute Gasteiger partial charge is 0.356 e. The molecular formula is C16H23N5. The lowest BCUT2D eigenvalue weighted by molar-refractivity contribution is 0.754. The third-order valence-electron chi connectivity index (χ3n) is 3.50. The molecule has 0 N–H and O–H groups in total. The average Bonchev–Trinajstić information content (AvgIpc) is 2.55. The molecule has 112 valence electrons. The molecule has 2 aromatic rings. The van der Waals surface area contributed by atoms with Gasteiger partial charge >= 0.3 is 0 Å². The monoisotopic (exact) mass is 285 g/mol. The Morgan fingerprint density at radius 2 is 1.57 bits per heavy atom. The van der Waals surface area contributed by atoms with Gasteiger partial charge < -0.3 is 9.80 Å². The Bertz CT molecular complexity index is 539. The summed E-state index contributed by atoms with van der Waals surface area (Å²) in [6.07, 6.45) is 1.73. The first kappa shape index (κ1) is 15.2. The minimum Gasteiger partial charge on any atom is -0.356 e.